The topological polar surface area (TPSA) is 78.4 Å². The van der Waals surface area contributed by atoms with Crippen LogP contribution in [-0.4, -0.2) is 29.7 Å². The number of terminal acetylenes is 1. The molecule has 0 heterocycles. The highest BCUT2D eigenvalue weighted by Crippen LogP contribution is 2.00. The molecule has 0 bridgehead atoms. The highest BCUT2D eigenvalue weighted by molar-refractivity contribution is 5.82. The minimum absolute atomic E-state index is 0.448. The molecule has 1 atom stereocenters. The molecule has 0 aromatic carbocycles. The van der Waals surface area contributed by atoms with Gasteiger partial charge in [0.1, 0.15) is 6.04 Å². The number of carboxylic acids is 1. The van der Waals surface area contributed by atoms with Crippen LogP contribution in [0.4, 0.5) is 4.79 Å². The van der Waals surface area contributed by atoms with Gasteiger partial charge in [0.05, 0.1) is 0 Å². The number of aliphatic carboxylic acids is 1. The van der Waals surface area contributed by atoms with Crippen LogP contribution in [0.2, 0.25) is 0 Å². The van der Waals surface area contributed by atoms with E-state index in [1.807, 2.05) is 6.92 Å². The molecule has 0 saturated heterocycles. The summed E-state index contributed by atoms with van der Waals surface area (Å²) in [6.07, 6.45) is 8.47. The first kappa shape index (κ1) is 15.3. The number of carbonyl (C=O) groups is 2. The van der Waals surface area contributed by atoms with Crippen molar-refractivity contribution in [2.24, 2.45) is 0 Å². The van der Waals surface area contributed by atoms with Crippen molar-refractivity contribution in [3.05, 3.63) is 0 Å². The van der Waals surface area contributed by atoms with Gasteiger partial charge in [-0.1, -0.05) is 19.8 Å². The van der Waals surface area contributed by atoms with E-state index in [1.165, 1.54) is 0 Å². The molecule has 0 aliphatic rings. The Morgan fingerprint density at radius 1 is 1.41 bits per heavy atom. The first-order chi connectivity index (χ1) is 8.11. The number of unbranched alkanes of at least 4 members (excludes halogenated alkanes) is 2. The van der Waals surface area contributed by atoms with Crippen LogP contribution in [0.3, 0.4) is 0 Å². The molecule has 0 fully saturated rings. The number of carbonyl (C=O) groups excluding carboxylic acids is 1. The van der Waals surface area contributed by atoms with Crippen molar-refractivity contribution in [1.29, 1.82) is 0 Å². The number of hydrogen-bond donors (Lipinski definition) is 3. The Morgan fingerprint density at radius 3 is 2.65 bits per heavy atom. The first-order valence-corrected chi connectivity index (χ1v) is 5.82. The number of nitrogens with one attached hydrogen (secondary N) is 2. The second-order valence-electron chi connectivity index (χ2n) is 3.74. The fourth-order valence-corrected chi connectivity index (χ4v) is 1.27. The number of rotatable bonds is 8. The number of hydrogen-bond acceptors (Lipinski definition) is 2. The molecule has 5 heteroatoms. The number of amides is 2. The van der Waals surface area contributed by atoms with Gasteiger partial charge in [-0.25, -0.2) is 9.59 Å². The van der Waals surface area contributed by atoms with E-state index >= 15 is 0 Å². The average molecular weight is 240 g/mol. The van der Waals surface area contributed by atoms with E-state index in [1.54, 1.807) is 0 Å². The lowest BCUT2D eigenvalue weighted by Gasteiger charge is -2.14. The zero-order chi connectivity index (χ0) is 13.1. The second kappa shape index (κ2) is 9.52. The summed E-state index contributed by atoms with van der Waals surface area (Å²) in [7, 11) is 0. The lowest BCUT2D eigenvalue weighted by Crippen LogP contribution is -2.46. The lowest BCUT2D eigenvalue weighted by atomic mass is 10.1. The van der Waals surface area contributed by atoms with Gasteiger partial charge in [-0.2, -0.15) is 0 Å². The second-order valence-corrected chi connectivity index (χ2v) is 3.74. The molecule has 17 heavy (non-hydrogen) atoms. The van der Waals surface area contributed by atoms with Crippen LogP contribution < -0.4 is 10.6 Å². The van der Waals surface area contributed by atoms with Crippen LogP contribution in [0, 0.1) is 12.3 Å². The third-order valence-electron chi connectivity index (χ3n) is 2.23. The van der Waals surface area contributed by atoms with Crippen LogP contribution >= 0.6 is 0 Å². The minimum atomic E-state index is -1.00. The fraction of sp³-hybridized carbons (Fsp3) is 0.667. The van der Waals surface area contributed by atoms with Gasteiger partial charge in [-0.15, -0.1) is 12.3 Å². The number of urea groups is 1. The van der Waals surface area contributed by atoms with Gasteiger partial charge in [0.2, 0.25) is 0 Å². The Bertz CT molecular complexity index is 284. The zero-order valence-corrected chi connectivity index (χ0v) is 10.2. The summed E-state index contributed by atoms with van der Waals surface area (Å²) >= 11 is 0. The molecule has 0 rings (SSSR count). The SMILES string of the molecule is C#CCCCNC(=O)N[C@@H](CCCC)C(=O)O. The smallest absolute Gasteiger partial charge is 0.326 e. The molecule has 96 valence electrons. The molecule has 0 radical (unpaired) electrons. The minimum Gasteiger partial charge on any atom is -0.480 e. The van der Waals surface area contributed by atoms with Crippen molar-refractivity contribution >= 4 is 12.0 Å². The van der Waals surface area contributed by atoms with Gasteiger partial charge in [0.15, 0.2) is 0 Å². The average Bonchev–Trinajstić information content (AvgIpc) is 2.29. The van der Waals surface area contributed by atoms with Crippen molar-refractivity contribution in [3.8, 4) is 12.3 Å². The van der Waals surface area contributed by atoms with E-state index in [9.17, 15) is 9.59 Å². The largest absolute Gasteiger partial charge is 0.480 e. The summed E-state index contributed by atoms with van der Waals surface area (Å²) in [5.41, 5.74) is 0. The number of carboxylic acid groups (broad SMARTS) is 1. The summed E-state index contributed by atoms with van der Waals surface area (Å²) in [4.78, 5) is 22.2. The molecule has 2 amide bonds. The summed E-state index contributed by atoms with van der Waals surface area (Å²) in [6, 6.07) is -1.27. The Hall–Kier alpha value is -1.70. The summed E-state index contributed by atoms with van der Waals surface area (Å²) in [6.45, 7) is 2.43. The molecule has 3 N–H and O–H groups in total. The highest BCUT2D eigenvalue weighted by Gasteiger charge is 2.18. The van der Waals surface area contributed by atoms with Crippen LogP contribution in [-0.2, 0) is 4.79 Å². The van der Waals surface area contributed by atoms with Crippen LogP contribution in [0.15, 0.2) is 0 Å². The quantitative estimate of drug-likeness (QED) is 0.442. The van der Waals surface area contributed by atoms with Crippen molar-refractivity contribution < 1.29 is 14.7 Å². The predicted molar refractivity (Wildman–Crippen MR) is 65.6 cm³/mol. The van der Waals surface area contributed by atoms with Gasteiger partial charge in [-0.05, 0) is 12.8 Å². The van der Waals surface area contributed by atoms with E-state index in [2.05, 4.69) is 16.6 Å². The van der Waals surface area contributed by atoms with Crippen molar-refractivity contribution in [2.45, 2.75) is 45.1 Å². The standard InChI is InChI=1S/C12H20N2O3/c1-3-5-7-9-13-12(17)14-10(11(15)16)8-6-4-2/h1,10H,4-9H2,2H3,(H,15,16)(H2,13,14,17)/t10-/m0/s1. The molecule has 0 spiro atoms. The lowest BCUT2D eigenvalue weighted by molar-refractivity contribution is -0.139. The van der Waals surface area contributed by atoms with Gasteiger partial charge in [0, 0.05) is 13.0 Å². The van der Waals surface area contributed by atoms with Gasteiger partial charge >= 0.3 is 12.0 Å². The molecule has 0 unspecified atom stereocenters. The molecular weight excluding hydrogens is 220 g/mol. The summed E-state index contributed by atoms with van der Waals surface area (Å²) in [5.74, 6) is 1.46. The van der Waals surface area contributed by atoms with Crippen molar-refractivity contribution in [3.63, 3.8) is 0 Å². The molecule has 0 aromatic heterocycles. The maximum atomic E-state index is 11.3. The van der Waals surface area contributed by atoms with Gasteiger partial charge < -0.3 is 15.7 Å². The first-order valence-electron chi connectivity index (χ1n) is 5.82. The third-order valence-corrected chi connectivity index (χ3v) is 2.23. The Balaban J connectivity index is 3.88. The maximum absolute atomic E-state index is 11.3. The molecule has 5 nitrogen and oxygen atoms in total. The van der Waals surface area contributed by atoms with Crippen LogP contribution in [0.25, 0.3) is 0 Å². The molecule has 0 aromatic rings. The maximum Gasteiger partial charge on any atom is 0.326 e. The predicted octanol–water partition coefficient (Wildman–Crippen LogP) is 1.34. The van der Waals surface area contributed by atoms with Crippen LogP contribution in [0.1, 0.15) is 39.0 Å². The monoisotopic (exact) mass is 240 g/mol. The van der Waals surface area contributed by atoms with E-state index in [0.717, 1.165) is 12.8 Å². The van der Waals surface area contributed by atoms with Gasteiger partial charge in [-0.3, -0.25) is 0 Å². The molecule has 0 aliphatic heterocycles. The van der Waals surface area contributed by atoms with E-state index in [4.69, 9.17) is 11.5 Å². The highest BCUT2D eigenvalue weighted by atomic mass is 16.4. The van der Waals surface area contributed by atoms with Gasteiger partial charge in [0.25, 0.3) is 0 Å². The summed E-state index contributed by atoms with van der Waals surface area (Å²) < 4.78 is 0. The normalized spacial score (nSPS) is 11.3. The van der Waals surface area contributed by atoms with E-state index in [-0.39, 0.29) is 0 Å². The third kappa shape index (κ3) is 8.14. The van der Waals surface area contributed by atoms with E-state index < -0.39 is 18.0 Å². The molecule has 0 aliphatic carbocycles. The zero-order valence-electron chi connectivity index (χ0n) is 10.2. The van der Waals surface area contributed by atoms with Crippen LogP contribution in [0.5, 0.6) is 0 Å². The van der Waals surface area contributed by atoms with Crippen molar-refractivity contribution in [1.82, 2.24) is 10.6 Å². The summed E-state index contributed by atoms with van der Waals surface area (Å²) in [5, 5.41) is 13.9. The Kier molecular flexibility index (Phi) is 8.57. The molecular formula is C12H20N2O3. The Morgan fingerprint density at radius 2 is 2.12 bits per heavy atom. The van der Waals surface area contributed by atoms with E-state index in [0.29, 0.717) is 25.8 Å². The van der Waals surface area contributed by atoms with Crippen molar-refractivity contribution in [2.75, 3.05) is 6.54 Å². The fourth-order valence-electron chi connectivity index (χ4n) is 1.27. The Labute approximate surface area is 102 Å². The molecule has 0 saturated carbocycles.